The van der Waals surface area contributed by atoms with Crippen molar-refractivity contribution < 1.29 is 30.0 Å². The summed E-state index contributed by atoms with van der Waals surface area (Å²) in [6, 6.07) is 31.6. The fraction of sp³-hybridized carbons (Fsp3) is 0.317. The van der Waals surface area contributed by atoms with Gasteiger partial charge in [0, 0.05) is 55.6 Å². The van der Waals surface area contributed by atoms with Gasteiger partial charge in [0.25, 0.3) is 0 Å². The van der Waals surface area contributed by atoms with E-state index in [9.17, 15) is 9.90 Å². The Morgan fingerprint density at radius 2 is 1.52 bits per heavy atom. The topological polar surface area (TPSA) is 53.4 Å². The van der Waals surface area contributed by atoms with Crippen LogP contribution < -0.4 is 4.90 Å². The predicted octanol–water partition coefficient (Wildman–Crippen LogP) is 11.6. The van der Waals surface area contributed by atoms with Gasteiger partial charge in [-0.15, -0.1) is 17.7 Å². The zero-order valence-electron chi connectivity index (χ0n) is 27.8. The van der Waals surface area contributed by atoms with Crippen LogP contribution in [0.3, 0.4) is 0 Å². The minimum Gasteiger partial charge on any atom is -0.512 e. The molecule has 5 aromatic rings. The Morgan fingerprint density at radius 3 is 2.17 bits per heavy atom. The number of ketones is 1. The average molecular weight is 790 g/mol. The van der Waals surface area contributed by atoms with Crippen LogP contribution in [0.5, 0.6) is 0 Å². The largest absolute Gasteiger partial charge is 0.512 e. The maximum Gasteiger partial charge on any atom is 0.162 e. The summed E-state index contributed by atoms with van der Waals surface area (Å²) in [6.07, 6.45) is 6.83. The van der Waals surface area contributed by atoms with Crippen molar-refractivity contribution in [1.29, 1.82) is 0 Å². The van der Waals surface area contributed by atoms with Crippen LogP contribution in [0.15, 0.2) is 96.9 Å². The SMILES string of the molecule is CC(C)c1cc2c3c(nccc3c1)-c1[c-]cc3ccccc3c1N2c1ccccc1.CCC(CC)C(=O)/C=C(\O)C(CC)CC.[Ir]. The van der Waals surface area contributed by atoms with Crippen molar-refractivity contribution in [3.05, 3.63) is 109 Å². The van der Waals surface area contributed by atoms with Gasteiger partial charge in [0.15, 0.2) is 5.78 Å². The maximum absolute atomic E-state index is 11.7. The number of para-hydroxylation sites is 1. The number of fused-ring (bicyclic) bond motifs is 4. The Morgan fingerprint density at radius 1 is 0.870 bits per heavy atom. The van der Waals surface area contributed by atoms with E-state index in [2.05, 4.69) is 104 Å². The van der Waals surface area contributed by atoms with Crippen molar-refractivity contribution in [2.45, 2.75) is 73.1 Å². The van der Waals surface area contributed by atoms with E-state index in [1.54, 1.807) is 0 Å². The number of carbonyl (C=O) groups is 1. The van der Waals surface area contributed by atoms with E-state index in [1.165, 1.54) is 38.9 Å². The number of hydrogen-bond acceptors (Lipinski definition) is 4. The predicted molar refractivity (Wildman–Crippen MR) is 190 cm³/mol. The zero-order chi connectivity index (χ0) is 32.1. The summed E-state index contributed by atoms with van der Waals surface area (Å²) in [5.74, 6) is 0.992. The third-order valence-electron chi connectivity index (χ3n) is 9.15. The molecule has 241 valence electrons. The standard InChI is InChI=1S/C28H21N2.C13H24O2.Ir/c1-18(2)21-16-20-14-15-29-27-24-13-12-19-8-6-7-11-23(19)28(24)30(25(17-21)26(20)27)22-9-4-3-5-10-22;1-5-10(6-2)12(14)9-13(15)11(7-3)8-4;/h3-12,14-18H,1-2H3;9-11,14H,5-8H2,1-4H3;/q-1;;/b;12-9-;. The number of hydrogen-bond donors (Lipinski definition) is 1. The number of allylic oxidation sites excluding steroid dienone is 2. The number of aliphatic hydroxyl groups excluding tert-OH is 1. The molecule has 0 amide bonds. The number of rotatable bonds is 9. The molecular formula is C41H45IrN2O2-. The summed E-state index contributed by atoms with van der Waals surface area (Å²) in [7, 11) is 0. The zero-order valence-corrected chi connectivity index (χ0v) is 30.2. The number of benzene rings is 4. The number of aromatic nitrogens is 1. The Kier molecular flexibility index (Phi) is 11.9. The second-order valence-corrected chi connectivity index (χ2v) is 12.2. The van der Waals surface area contributed by atoms with Crippen LogP contribution in [-0.4, -0.2) is 15.9 Å². The van der Waals surface area contributed by atoms with E-state index in [0.29, 0.717) is 5.92 Å². The van der Waals surface area contributed by atoms with E-state index < -0.39 is 0 Å². The molecule has 1 aliphatic rings. The molecule has 1 aliphatic heterocycles. The molecule has 0 spiro atoms. The van der Waals surface area contributed by atoms with Crippen LogP contribution in [-0.2, 0) is 24.9 Å². The first-order valence-corrected chi connectivity index (χ1v) is 16.5. The first-order chi connectivity index (χ1) is 21.8. The molecule has 1 radical (unpaired) electrons. The van der Waals surface area contributed by atoms with Crippen LogP contribution in [0.1, 0.15) is 78.7 Å². The molecule has 2 heterocycles. The van der Waals surface area contributed by atoms with Crippen LogP contribution >= 0.6 is 0 Å². The molecule has 0 aliphatic carbocycles. The van der Waals surface area contributed by atoms with Gasteiger partial charge in [-0.05, 0) is 83.6 Å². The van der Waals surface area contributed by atoms with Crippen molar-refractivity contribution in [2.24, 2.45) is 11.8 Å². The summed E-state index contributed by atoms with van der Waals surface area (Å²) >= 11 is 0. The van der Waals surface area contributed by atoms with E-state index in [1.807, 2.05) is 33.9 Å². The Labute approximate surface area is 287 Å². The van der Waals surface area contributed by atoms with Crippen molar-refractivity contribution in [3.63, 3.8) is 0 Å². The van der Waals surface area contributed by atoms with Gasteiger partial charge in [-0.1, -0.05) is 101 Å². The summed E-state index contributed by atoms with van der Waals surface area (Å²) < 4.78 is 0. The van der Waals surface area contributed by atoms with Gasteiger partial charge in [-0.2, -0.15) is 0 Å². The Hall–Kier alpha value is -3.79. The fourth-order valence-electron chi connectivity index (χ4n) is 6.37. The van der Waals surface area contributed by atoms with Crippen molar-refractivity contribution in [3.8, 4) is 11.3 Å². The molecule has 1 aromatic heterocycles. The van der Waals surface area contributed by atoms with Crippen LogP contribution in [0.25, 0.3) is 32.8 Å². The van der Waals surface area contributed by atoms with Crippen LogP contribution in [0.2, 0.25) is 0 Å². The third-order valence-corrected chi connectivity index (χ3v) is 9.15. The molecule has 0 saturated heterocycles. The minimum absolute atomic E-state index is 0. The molecule has 6 rings (SSSR count). The molecule has 4 aromatic carbocycles. The summed E-state index contributed by atoms with van der Waals surface area (Å²) in [6.45, 7) is 12.6. The molecule has 5 heteroatoms. The van der Waals surface area contributed by atoms with Gasteiger partial charge in [-0.3, -0.25) is 4.79 Å². The number of anilines is 3. The van der Waals surface area contributed by atoms with Gasteiger partial charge >= 0.3 is 0 Å². The number of aliphatic hydroxyl groups is 1. The van der Waals surface area contributed by atoms with Gasteiger partial charge in [0.05, 0.1) is 5.76 Å². The van der Waals surface area contributed by atoms with E-state index in [4.69, 9.17) is 4.98 Å². The quantitative estimate of drug-likeness (QED) is 0.0900. The van der Waals surface area contributed by atoms with Crippen LogP contribution in [0.4, 0.5) is 17.1 Å². The van der Waals surface area contributed by atoms with Gasteiger partial charge in [0.1, 0.15) is 0 Å². The van der Waals surface area contributed by atoms with Gasteiger partial charge in [0.2, 0.25) is 0 Å². The van der Waals surface area contributed by atoms with Crippen molar-refractivity contribution >= 4 is 44.4 Å². The minimum atomic E-state index is 0. The molecule has 0 saturated carbocycles. The Balaban J connectivity index is 0.000000259. The van der Waals surface area contributed by atoms with Gasteiger partial charge in [-0.25, -0.2) is 0 Å². The first-order valence-electron chi connectivity index (χ1n) is 16.5. The maximum atomic E-state index is 11.7. The second kappa shape index (κ2) is 15.7. The van der Waals surface area contributed by atoms with Gasteiger partial charge < -0.3 is 15.0 Å². The molecule has 0 bridgehead atoms. The second-order valence-electron chi connectivity index (χ2n) is 12.2. The molecule has 0 atom stereocenters. The van der Waals surface area contributed by atoms with E-state index >= 15 is 0 Å². The number of pyridine rings is 1. The smallest absolute Gasteiger partial charge is 0.162 e. The molecule has 1 N–H and O–H groups in total. The number of nitrogens with zero attached hydrogens (tertiary/aromatic N) is 2. The molecule has 4 nitrogen and oxygen atoms in total. The molecule has 46 heavy (non-hydrogen) atoms. The third kappa shape index (κ3) is 6.96. The molecule has 0 fully saturated rings. The van der Waals surface area contributed by atoms with Crippen LogP contribution in [0, 0.1) is 17.9 Å². The van der Waals surface area contributed by atoms with Crippen molar-refractivity contribution in [2.75, 3.05) is 4.90 Å². The fourth-order valence-corrected chi connectivity index (χ4v) is 6.37. The molecule has 0 unspecified atom stereocenters. The average Bonchev–Trinajstić information content (AvgIpc) is 3.06. The first kappa shape index (κ1) is 35.1. The molecular weight excluding hydrogens is 745 g/mol. The monoisotopic (exact) mass is 790 g/mol. The summed E-state index contributed by atoms with van der Waals surface area (Å²) in [5.41, 5.74) is 6.93. The van der Waals surface area contributed by atoms with E-state index in [0.717, 1.165) is 48.3 Å². The van der Waals surface area contributed by atoms with E-state index in [-0.39, 0.29) is 43.5 Å². The summed E-state index contributed by atoms with van der Waals surface area (Å²) in [4.78, 5) is 18.9. The van der Waals surface area contributed by atoms with Crippen molar-refractivity contribution in [1.82, 2.24) is 4.98 Å². The summed E-state index contributed by atoms with van der Waals surface area (Å²) in [5, 5.41) is 14.6. The Bertz CT molecular complexity index is 1820. The normalized spacial score (nSPS) is 12.3. The number of carbonyl (C=O) groups excluding carboxylic acids is 1.